The van der Waals surface area contributed by atoms with Gasteiger partial charge in [-0.2, -0.15) is 5.10 Å². The maximum atomic E-state index is 13.6. The minimum Gasteiger partial charge on any atom is -0.351 e. The monoisotopic (exact) mass is 440 g/mol. The number of halogens is 1. The molecule has 0 bridgehead atoms. The third-order valence-corrected chi connectivity index (χ3v) is 7.40. The number of fused-ring (bicyclic) bond motifs is 1. The zero-order valence-electron chi connectivity index (χ0n) is 17.9. The number of nitrogens with zero attached hydrogens (tertiary/aromatic N) is 3. The third-order valence-electron chi connectivity index (χ3n) is 7.03. The first-order valence-electron chi connectivity index (χ1n) is 11.4. The summed E-state index contributed by atoms with van der Waals surface area (Å²) in [6.07, 6.45) is 7.73. The molecule has 1 aromatic carbocycles. The van der Waals surface area contributed by atoms with Crippen LogP contribution in [-0.2, 0) is 17.9 Å². The summed E-state index contributed by atoms with van der Waals surface area (Å²) in [4.78, 5) is 28.9. The highest BCUT2D eigenvalue weighted by Gasteiger charge is 2.49. The van der Waals surface area contributed by atoms with Gasteiger partial charge < -0.3 is 10.2 Å². The molecule has 2 fully saturated rings. The highest BCUT2D eigenvalue weighted by atomic mass is 35.5. The molecule has 2 aromatic rings. The summed E-state index contributed by atoms with van der Waals surface area (Å²) < 4.78 is 1.75. The normalized spacial score (nSPS) is 24.2. The lowest BCUT2D eigenvalue weighted by Gasteiger charge is -2.44. The molecule has 2 heterocycles. The Labute approximate surface area is 187 Å². The van der Waals surface area contributed by atoms with Gasteiger partial charge in [0.2, 0.25) is 5.91 Å². The second-order valence-corrected chi connectivity index (χ2v) is 9.86. The smallest absolute Gasteiger partial charge is 0.273 e. The van der Waals surface area contributed by atoms with E-state index in [1.807, 2.05) is 37.3 Å². The fourth-order valence-corrected chi connectivity index (χ4v) is 5.07. The van der Waals surface area contributed by atoms with E-state index >= 15 is 0 Å². The van der Waals surface area contributed by atoms with Crippen LogP contribution in [0.15, 0.2) is 30.3 Å². The Hall–Kier alpha value is -2.34. The van der Waals surface area contributed by atoms with Crippen LogP contribution < -0.4 is 5.32 Å². The minimum absolute atomic E-state index is 0.103. The molecule has 1 aromatic heterocycles. The number of hydrogen-bond acceptors (Lipinski definition) is 3. The number of amides is 2. The molecule has 5 rings (SSSR count). The molecule has 1 N–H and O–H groups in total. The summed E-state index contributed by atoms with van der Waals surface area (Å²) in [6, 6.07) is 9.60. The standard InChI is InChI=1S/C24H29ClN4O2/c1-24(23(31)26-18-8-3-2-4-9-18)15-29-21(13-20(27-29)16-11-12-16)22(30)28(24)14-17-7-5-6-10-19(17)25/h5-7,10,13,16,18H,2-4,8-9,11-12,14-15H2,1H3,(H,26,31). The quantitative estimate of drug-likeness (QED) is 0.754. The Morgan fingerprint density at radius 1 is 1.19 bits per heavy atom. The minimum atomic E-state index is -1.03. The summed E-state index contributed by atoms with van der Waals surface area (Å²) in [5, 5.41) is 8.56. The predicted molar refractivity (Wildman–Crippen MR) is 119 cm³/mol. The van der Waals surface area contributed by atoms with Crippen LogP contribution in [0.2, 0.25) is 5.02 Å². The van der Waals surface area contributed by atoms with Crippen molar-refractivity contribution in [1.82, 2.24) is 20.0 Å². The number of benzene rings is 1. The average molecular weight is 441 g/mol. The molecule has 7 heteroatoms. The van der Waals surface area contributed by atoms with Crippen molar-refractivity contribution in [2.75, 3.05) is 0 Å². The van der Waals surface area contributed by atoms with Gasteiger partial charge in [-0.1, -0.05) is 49.1 Å². The molecule has 1 aliphatic heterocycles. The van der Waals surface area contributed by atoms with Gasteiger partial charge in [-0.3, -0.25) is 14.3 Å². The number of carbonyl (C=O) groups excluding carboxylic acids is 2. The SMILES string of the molecule is CC1(C(=O)NC2CCCCC2)Cn2nc(C3CC3)cc2C(=O)N1Cc1ccccc1Cl. The molecule has 0 saturated heterocycles. The van der Waals surface area contributed by atoms with Crippen LogP contribution in [0.1, 0.15) is 79.5 Å². The fraction of sp³-hybridized carbons (Fsp3) is 0.542. The van der Waals surface area contributed by atoms with Gasteiger partial charge in [-0.05, 0) is 50.3 Å². The summed E-state index contributed by atoms with van der Waals surface area (Å²) in [5.74, 6) is 0.186. The van der Waals surface area contributed by atoms with Crippen molar-refractivity contribution in [3.8, 4) is 0 Å². The molecule has 1 atom stereocenters. The van der Waals surface area contributed by atoms with Crippen LogP contribution in [0, 0.1) is 0 Å². The number of carbonyl (C=O) groups is 2. The largest absolute Gasteiger partial charge is 0.351 e. The zero-order chi connectivity index (χ0) is 21.6. The average Bonchev–Trinajstić information content (AvgIpc) is 3.53. The third kappa shape index (κ3) is 3.86. The van der Waals surface area contributed by atoms with Gasteiger partial charge in [-0.25, -0.2) is 0 Å². The molecule has 0 radical (unpaired) electrons. The van der Waals surface area contributed by atoms with Crippen molar-refractivity contribution in [2.24, 2.45) is 0 Å². The Morgan fingerprint density at radius 2 is 1.94 bits per heavy atom. The van der Waals surface area contributed by atoms with E-state index in [-0.39, 0.29) is 24.4 Å². The van der Waals surface area contributed by atoms with E-state index in [1.165, 1.54) is 6.42 Å². The van der Waals surface area contributed by atoms with E-state index in [9.17, 15) is 9.59 Å². The maximum Gasteiger partial charge on any atom is 0.273 e. The van der Waals surface area contributed by atoms with Gasteiger partial charge in [0.15, 0.2) is 0 Å². The maximum absolute atomic E-state index is 13.6. The van der Waals surface area contributed by atoms with Crippen molar-refractivity contribution < 1.29 is 9.59 Å². The van der Waals surface area contributed by atoms with Crippen molar-refractivity contribution in [2.45, 2.75) is 82.5 Å². The van der Waals surface area contributed by atoms with E-state index in [0.29, 0.717) is 23.2 Å². The van der Waals surface area contributed by atoms with Crippen LogP contribution in [-0.4, -0.2) is 38.1 Å². The van der Waals surface area contributed by atoms with Crippen LogP contribution >= 0.6 is 11.6 Å². The molecular weight excluding hydrogens is 412 g/mol. The lowest BCUT2D eigenvalue weighted by Crippen LogP contribution is -2.64. The highest BCUT2D eigenvalue weighted by Crippen LogP contribution is 2.41. The summed E-state index contributed by atoms with van der Waals surface area (Å²) in [7, 11) is 0. The van der Waals surface area contributed by atoms with Gasteiger partial charge >= 0.3 is 0 Å². The number of hydrogen-bond donors (Lipinski definition) is 1. The van der Waals surface area contributed by atoms with E-state index in [0.717, 1.165) is 49.8 Å². The van der Waals surface area contributed by atoms with Crippen LogP contribution in [0.25, 0.3) is 0 Å². The lowest BCUT2D eigenvalue weighted by atomic mass is 9.91. The molecule has 6 nitrogen and oxygen atoms in total. The summed E-state index contributed by atoms with van der Waals surface area (Å²) in [6.45, 7) is 2.50. The molecule has 2 aliphatic carbocycles. The molecular formula is C24H29ClN4O2. The van der Waals surface area contributed by atoms with Crippen LogP contribution in [0.5, 0.6) is 0 Å². The Balaban J connectivity index is 1.49. The number of aromatic nitrogens is 2. The van der Waals surface area contributed by atoms with E-state index in [1.54, 1.807) is 9.58 Å². The second kappa shape index (κ2) is 7.97. The first kappa shape index (κ1) is 20.6. The fourth-order valence-electron chi connectivity index (χ4n) is 4.87. The lowest BCUT2D eigenvalue weighted by molar-refractivity contribution is -0.134. The predicted octanol–water partition coefficient (Wildman–Crippen LogP) is 4.28. The van der Waals surface area contributed by atoms with E-state index in [2.05, 4.69) is 5.32 Å². The van der Waals surface area contributed by atoms with Gasteiger partial charge in [0.25, 0.3) is 5.91 Å². The van der Waals surface area contributed by atoms with Crippen molar-refractivity contribution in [3.63, 3.8) is 0 Å². The first-order chi connectivity index (χ1) is 15.0. The van der Waals surface area contributed by atoms with Crippen molar-refractivity contribution in [3.05, 3.63) is 52.3 Å². The van der Waals surface area contributed by atoms with Crippen LogP contribution in [0.3, 0.4) is 0 Å². The molecule has 3 aliphatic rings. The van der Waals surface area contributed by atoms with Gasteiger partial charge in [0.1, 0.15) is 11.2 Å². The van der Waals surface area contributed by atoms with E-state index < -0.39 is 5.54 Å². The van der Waals surface area contributed by atoms with Gasteiger partial charge in [-0.15, -0.1) is 0 Å². The zero-order valence-corrected chi connectivity index (χ0v) is 18.7. The van der Waals surface area contributed by atoms with E-state index in [4.69, 9.17) is 16.7 Å². The summed E-state index contributed by atoms with van der Waals surface area (Å²) in [5.41, 5.74) is 1.34. The number of rotatable bonds is 5. The second-order valence-electron chi connectivity index (χ2n) is 9.45. The molecule has 164 valence electrons. The molecule has 1 unspecified atom stereocenters. The Bertz CT molecular complexity index is 1010. The highest BCUT2D eigenvalue weighted by molar-refractivity contribution is 6.31. The summed E-state index contributed by atoms with van der Waals surface area (Å²) >= 11 is 6.42. The van der Waals surface area contributed by atoms with Gasteiger partial charge in [0, 0.05) is 23.5 Å². The molecule has 0 spiro atoms. The molecule has 2 amide bonds. The topological polar surface area (TPSA) is 67.2 Å². The number of nitrogens with one attached hydrogen (secondary N) is 1. The first-order valence-corrected chi connectivity index (χ1v) is 11.8. The molecule has 2 saturated carbocycles. The Morgan fingerprint density at radius 3 is 2.65 bits per heavy atom. The van der Waals surface area contributed by atoms with Crippen molar-refractivity contribution in [1.29, 1.82) is 0 Å². The molecule has 31 heavy (non-hydrogen) atoms. The van der Waals surface area contributed by atoms with Crippen molar-refractivity contribution >= 4 is 23.4 Å². The van der Waals surface area contributed by atoms with Gasteiger partial charge in [0.05, 0.1) is 12.2 Å². The van der Waals surface area contributed by atoms with Crippen LogP contribution in [0.4, 0.5) is 0 Å². The Kier molecular flexibility index (Phi) is 5.29.